The second kappa shape index (κ2) is 4.15. The lowest BCUT2D eigenvalue weighted by Crippen LogP contribution is -2.32. The molecule has 2 aliphatic rings. The molecule has 18 heavy (non-hydrogen) atoms. The van der Waals surface area contributed by atoms with E-state index in [1.54, 1.807) is 11.2 Å². The molecule has 2 heterocycles. The molecule has 1 aliphatic carbocycles. The van der Waals surface area contributed by atoms with Crippen LogP contribution >= 0.6 is 0 Å². The van der Waals surface area contributed by atoms with Crippen LogP contribution < -0.4 is 0 Å². The van der Waals surface area contributed by atoms with Gasteiger partial charge in [-0.2, -0.15) is 0 Å². The molecule has 1 amide bonds. The van der Waals surface area contributed by atoms with E-state index in [9.17, 15) is 9.59 Å². The van der Waals surface area contributed by atoms with Crippen molar-refractivity contribution in [2.45, 2.75) is 25.3 Å². The molecular weight excluding hydrogens is 234 g/mol. The van der Waals surface area contributed by atoms with E-state index in [0.717, 1.165) is 18.6 Å². The average Bonchev–Trinajstić information content (AvgIpc) is 2.78. The van der Waals surface area contributed by atoms with Crippen molar-refractivity contribution in [1.29, 1.82) is 0 Å². The summed E-state index contributed by atoms with van der Waals surface area (Å²) in [6, 6.07) is 3.67. The third-order valence-electron chi connectivity index (χ3n) is 3.83. The van der Waals surface area contributed by atoms with E-state index in [1.165, 1.54) is 0 Å². The summed E-state index contributed by atoms with van der Waals surface area (Å²) in [4.78, 5) is 24.8. The number of hydrogen-bond acceptors (Lipinski definition) is 3. The molecule has 1 N–H and O–H groups in total. The minimum atomic E-state index is -0.859. The first-order valence-electron chi connectivity index (χ1n) is 6.25. The summed E-state index contributed by atoms with van der Waals surface area (Å²) in [5, 5.41) is 8.88. The van der Waals surface area contributed by atoms with Gasteiger partial charge in [-0.15, -0.1) is 0 Å². The number of nitrogens with zero attached hydrogens (tertiary/aromatic N) is 1. The number of furan rings is 1. The van der Waals surface area contributed by atoms with E-state index < -0.39 is 11.9 Å². The average molecular weight is 249 g/mol. The summed E-state index contributed by atoms with van der Waals surface area (Å²) >= 11 is 0. The topological polar surface area (TPSA) is 70.8 Å². The lowest BCUT2D eigenvalue weighted by atomic mass is 10.1. The van der Waals surface area contributed by atoms with Crippen molar-refractivity contribution in [2.24, 2.45) is 11.8 Å². The second-order valence-electron chi connectivity index (χ2n) is 4.99. The second-order valence-corrected chi connectivity index (χ2v) is 4.99. The van der Waals surface area contributed by atoms with E-state index in [4.69, 9.17) is 9.52 Å². The Hall–Kier alpha value is -1.78. The first-order chi connectivity index (χ1) is 8.68. The predicted octanol–water partition coefficient (Wildman–Crippen LogP) is 1.66. The highest BCUT2D eigenvalue weighted by Gasteiger charge is 2.51. The van der Waals surface area contributed by atoms with Gasteiger partial charge in [0.2, 0.25) is 5.91 Å². The molecule has 0 radical (unpaired) electrons. The Labute approximate surface area is 104 Å². The monoisotopic (exact) mass is 249 g/mol. The molecule has 1 saturated carbocycles. The number of carboxylic acids is 1. The van der Waals surface area contributed by atoms with Gasteiger partial charge in [0.25, 0.3) is 0 Å². The number of likely N-dealkylation sites (tertiary alicyclic amines) is 1. The normalized spacial score (nSPS) is 30.4. The van der Waals surface area contributed by atoms with Gasteiger partial charge in [0.1, 0.15) is 5.76 Å². The molecular formula is C13H15NO4. The van der Waals surface area contributed by atoms with Crippen molar-refractivity contribution in [3.63, 3.8) is 0 Å². The molecule has 3 atom stereocenters. The van der Waals surface area contributed by atoms with Gasteiger partial charge in [0.15, 0.2) is 0 Å². The number of rotatable bonds is 3. The number of hydrogen-bond donors (Lipinski definition) is 1. The quantitative estimate of drug-likeness (QED) is 0.884. The molecule has 1 aromatic heterocycles. The molecule has 5 nitrogen and oxygen atoms in total. The lowest BCUT2D eigenvalue weighted by Gasteiger charge is -2.23. The molecule has 1 aliphatic heterocycles. The summed E-state index contributed by atoms with van der Waals surface area (Å²) in [6.45, 7) is 0.701. The number of carbonyl (C=O) groups excluding carboxylic acids is 1. The maximum atomic E-state index is 12.2. The Kier molecular flexibility index (Phi) is 2.61. The van der Waals surface area contributed by atoms with Crippen LogP contribution in [0.25, 0.3) is 0 Å². The number of carboxylic acid groups (broad SMARTS) is 1. The predicted molar refractivity (Wildman–Crippen MR) is 61.6 cm³/mol. The van der Waals surface area contributed by atoms with E-state index >= 15 is 0 Å². The zero-order chi connectivity index (χ0) is 12.7. The zero-order valence-corrected chi connectivity index (χ0v) is 9.91. The molecule has 3 rings (SSSR count). The van der Waals surface area contributed by atoms with Crippen molar-refractivity contribution in [3.05, 3.63) is 24.2 Å². The van der Waals surface area contributed by atoms with Gasteiger partial charge in [-0.3, -0.25) is 9.59 Å². The molecule has 96 valence electrons. The fourth-order valence-electron chi connectivity index (χ4n) is 2.76. The SMILES string of the molecule is O=C(O)[C@@H]1C[C@H]1C(=O)N1CCC[C@H]1c1ccco1. The summed E-state index contributed by atoms with van der Waals surface area (Å²) in [6.07, 6.45) is 3.92. The van der Waals surface area contributed by atoms with Crippen LogP contribution in [0.15, 0.2) is 22.8 Å². The number of carbonyl (C=O) groups is 2. The van der Waals surface area contributed by atoms with Crippen molar-refractivity contribution in [2.75, 3.05) is 6.54 Å². The summed E-state index contributed by atoms with van der Waals surface area (Å²) in [7, 11) is 0. The van der Waals surface area contributed by atoms with E-state index in [2.05, 4.69) is 0 Å². The molecule has 2 fully saturated rings. The van der Waals surface area contributed by atoms with E-state index in [1.807, 2.05) is 12.1 Å². The van der Waals surface area contributed by atoms with Crippen molar-refractivity contribution < 1.29 is 19.1 Å². The Morgan fingerprint density at radius 1 is 1.39 bits per heavy atom. The van der Waals surface area contributed by atoms with E-state index in [0.29, 0.717) is 13.0 Å². The van der Waals surface area contributed by atoms with E-state index in [-0.39, 0.29) is 17.9 Å². The molecule has 0 bridgehead atoms. The Morgan fingerprint density at radius 2 is 2.22 bits per heavy atom. The van der Waals surface area contributed by atoms with Gasteiger partial charge in [0.05, 0.1) is 24.1 Å². The number of aliphatic carboxylic acids is 1. The van der Waals surface area contributed by atoms with Crippen molar-refractivity contribution in [3.8, 4) is 0 Å². The molecule has 1 aromatic rings. The summed E-state index contributed by atoms with van der Waals surface area (Å²) in [5.74, 6) is -0.884. The highest BCUT2D eigenvalue weighted by Crippen LogP contribution is 2.43. The maximum absolute atomic E-state index is 12.2. The van der Waals surface area contributed by atoms with Gasteiger partial charge in [-0.25, -0.2) is 0 Å². The largest absolute Gasteiger partial charge is 0.481 e. The fourth-order valence-corrected chi connectivity index (χ4v) is 2.76. The summed E-state index contributed by atoms with van der Waals surface area (Å²) in [5.41, 5.74) is 0. The first-order valence-corrected chi connectivity index (χ1v) is 6.25. The number of amides is 1. The van der Waals surface area contributed by atoms with Crippen molar-refractivity contribution in [1.82, 2.24) is 4.90 Å². The zero-order valence-electron chi connectivity index (χ0n) is 9.91. The van der Waals surface area contributed by atoms with Gasteiger partial charge >= 0.3 is 5.97 Å². The summed E-state index contributed by atoms with van der Waals surface area (Å²) < 4.78 is 5.36. The third-order valence-corrected chi connectivity index (χ3v) is 3.83. The lowest BCUT2D eigenvalue weighted by molar-refractivity contribution is -0.142. The minimum absolute atomic E-state index is 0.0115. The molecule has 0 spiro atoms. The van der Waals surface area contributed by atoms with Gasteiger partial charge in [-0.05, 0) is 31.4 Å². The van der Waals surface area contributed by atoms with Gasteiger partial charge < -0.3 is 14.4 Å². The van der Waals surface area contributed by atoms with Crippen LogP contribution in [0, 0.1) is 11.8 Å². The van der Waals surface area contributed by atoms with Crippen LogP contribution in [0.5, 0.6) is 0 Å². The third kappa shape index (κ3) is 1.79. The van der Waals surface area contributed by atoms with Gasteiger partial charge in [-0.1, -0.05) is 0 Å². The van der Waals surface area contributed by atoms with Crippen LogP contribution in [-0.4, -0.2) is 28.4 Å². The Morgan fingerprint density at radius 3 is 2.83 bits per heavy atom. The highest BCUT2D eigenvalue weighted by molar-refractivity contribution is 5.89. The molecule has 5 heteroatoms. The van der Waals surface area contributed by atoms with Gasteiger partial charge in [0, 0.05) is 6.54 Å². The molecule has 1 saturated heterocycles. The molecule has 0 unspecified atom stereocenters. The first kappa shape index (κ1) is 11.3. The minimum Gasteiger partial charge on any atom is -0.481 e. The van der Waals surface area contributed by atoms with Crippen LogP contribution in [0.2, 0.25) is 0 Å². The van der Waals surface area contributed by atoms with Crippen LogP contribution in [0.3, 0.4) is 0 Å². The van der Waals surface area contributed by atoms with Crippen LogP contribution in [0.1, 0.15) is 31.1 Å². The van der Waals surface area contributed by atoms with Crippen molar-refractivity contribution >= 4 is 11.9 Å². The fraction of sp³-hybridized carbons (Fsp3) is 0.538. The molecule has 0 aromatic carbocycles. The Bertz CT molecular complexity index is 467. The Balaban J connectivity index is 1.72. The highest BCUT2D eigenvalue weighted by atomic mass is 16.4. The van der Waals surface area contributed by atoms with Crippen LogP contribution in [0.4, 0.5) is 0 Å². The maximum Gasteiger partial charge on any atom is 0.307 e. The standard InChI is InChI=1S/C13H15NO4/c15-12(8-7-9(8)13(16)17)14-5-1-3-10(14)11-4-2-6-18-11/h2,4,6,8-10H,1,3,5,7H2,(H,16,17)/t8-,9-,10+/m1/s1. The van der Waals surface area contributed by atoms with Crippen LogP contribution in [-0.2, 0) is 9.59 Å². The smallest absolute Gasteiger partial charge is 0.307 e.